The van der Waals surface area contributed by atoms with E-state index in [0.29, 0.717) is 25.3 Å². The van der Waals surface area contributed by atoms with Crippen molar-refractivity contribution in [1.82, 2.24) is 14.7 Å². The Bertz CT molecular complexity index is 1140. The summed E-state index contributed by atoms with van der Waals surface area (Å²) in [4.78, 5) is 27.1. The van der Waals surface area contributed by atoms with Gasteiger partial charge in [-0.1, -0.05) is 24.3 Å². The number of amides is 1. The highest BCUT2D eigenvalue weighted by Crippen LogP contribution is 2.38. The molecule has 3 heterocycles. The maximum atomic E-state index is 13.1. The average molecular weight is 421 g/mol. The van der Waals surface area contributed by atoms with Crippen LogP contribution < -0.4 is 15.2 Å². The van der Waals surface area contributed by atoms with Crippen LogP contribution in [0.2, 0.25) is 0 Å². The number of ether oxygens (including phenoxy) is 2. The third kappa shape index (κ3) is 3.93. The molecule has 0 saturated carbocycles. The Balaban J connectivity index is 1.35. The van der Waals surface area contributed by atoms with Crippen LogP contribution in [0.1, 0.15) is 30.9 Å². The Morgan fingerprint density at radius 3 is 2.68 bits per heavy atom. The lowest BCUT2D eigenvalue weighted by Crippen LogP contribution is -2.35. The quantitative estimate of drug-likeness (QED) is 0.644. The molecule has 3 aromatic rings. The van der Waals surface area contributed by atoms with Gasteiger partial charge in [0.25, 0.3) is 0 Å². The van der Waals surface area contributed by atoms with Crippen LogP contribution in [0.15, 0.2) is 57.7 Å². The lowest BCUT2D eigenvalue weighted by Gasteiger charge is -2.25. The molecule has 0 unspecified atom stereocenters. The van der Waals surface area contributed by atoms with Crippen molar-refractivity contribution in [2.24, 2.45) is 0 Å². The predicted octanol–water partition coefficient (Wildman–Crippen LogP) is 3.03. The molecule has 1 amide bonds. The number of fused-ring (bicyclic) bond motifs is 1. The zero-order valence-corrected chi connectivity index (χ0v) is 17.0. The minimum atomic E-state index is -0.640. The van der Waals surface area contributed by atoms with Gasteiger partial charge in [-0.3, -0.25) is 4.79 Å². The topological polar surface area (TPSA) is 86.8 Å². The summed E-state index contributed by atoms with van der Waals surface area (Å²) in [5.74, 6) is 0.858. The smallest absolute Gasteiger partial charge is 0.437 e. The van der Waals surface area contributed by atoms with E-state index in [4.69, 9.17) is 13.9 Å². The molecule has 0 bridgehead atoms. The molecule has 1 saturated heterocycles. The molecule has 2 aliphatic heterocycles. The number of benzene rings is 2. The van der Waals surface area contributed by atoms with E-state index < -0.39 is 5.76 Å². The maximum Gasteiger partial charge on any atom is 0.437 e. The first kappa shape index (κ1) is 19.4. The summed E-state index contributed by atoms with van der Waals surface area (Å²) in [5, 5.41) is 4.21. The number of carbonyl (C=O) groups is 1. The average Bonchev–Trinajstić information content (AvgIpc) is 3.35. The Morgan fingerprint density at radius 2 is 1.84 bits per heavy atom. The molecule has 1 atom stereocenters. The van der Waals surface area contributed by atoms with Gasteiger partial charge in [0.15, 0.2) is 11.5 Å². The molecule has 0 spiro atoms. The van der Waals surface area contributed by atoms with Crippen molar-refractivity contribution in [2.75, 3.05) is 19.8 Å². The van der Waals surface area contributed by atoms with Crippen LogP contribution in [0, 0.1) is 0 Å². The second kappa shape index (κ2) is 8.29. The summed E-state index contributed by atoms with van der Waals surface area (Å²) in [6.07, 6.45) is 2.59. The van der Waals surface area contributed by atoms with Gasteiger partial charge in [-0.25, -0.2) is 4.79 Å². The van der Waals surface area contributed by atoms with Crippen LogP contribution in [0.25, 0.3) is 11.5 Å². The Kier molecular flexibility index (Phi) is 5.19. The van der Waals surface area contributed by atoms with Crippen molar-refractivity contribution >= 4 is 5.91 Å². The zero-order chi connectivity index (χ0) is 21.2. The Morgan fingerprint density at radius 1 is 1.03 bits per heavy atom. The lowest BCUT2D eigenvalue weighted by molar-refractivity contribution is -0.133. The van der Waals surface area contributed by atoms with E-state index >= 15 is 0 Å². The van der Waals surface area contributed by atoms with E-state index in [1.165, 1.54) is 0 Å². The van der Waals surface area contributed by atoms with E-state index in [2.05, 4.69) is 5.10 Å². The van der Waals surface area contributed by atoms with E-state index in [9.17, 15) is 9.59 Å². The molecule has 8 nitrogen and oxygen atoms in total. The summed E-state index contributed by atoms with van der Waals surface area (Å²) >= 11 is 0. The molecule has 8 heteroatoms. The number of likely N-dealkylation sites (tertiary alicyclic amines) is 1. The Hall–Kier alpha value is -3.55. The highest BCUT2D eigenvalue weighted by atomic mass is 16.5. The number of carbonyl (C=O) groups excluding carboxylic acids is 1. The number of hydrogen-bond acceptors (Lipinski definition) is 6. The first-order chi connectivity index (χ1) is 15.2. The number of rotatable bonds is 4. The molecular formula is C23H23N3O5. The minimum Gasteiger partial charge on any atom is -0.490 e. The van der Waals surface area contributed by atoms with Crippen LogP contribution in [-0.4, -0.2) is 40.3 Å². The van der Waals surface area contributed by atoms with Crippen LogP contribution in [0.3, 0.4) is 0 Å². The van der Waals surface area contributed by atoms with Gasteiger partial charge < -0.3 is 18.8 Å². The molecule has 2 aliphatic rings. The molecule has 5 rings (SSSR count). The molecule has 0 radical (unpaired) electrons. The third-order valence-corrected chi connectivity index (χ3v) is 5.64. The highest BCUT2D eigenvalue weighted by molar-refractivity contribution is 5.77. The highest BCUT2D eigenvalue weighted by Gasteiger charge is 2.31. The summed E-state index contributed by atoms with van der Waals surface area (Å²) in [6, 6.07) is 14.9. The number of hydrogen-bond donors (Lipinski definition) is 0. The van der Waals surface area contributed by atoms with Gasteiger partial charge in [0, 0.05) is 18.5 Å². The Labute approximate surface area is 179 Å². The monoisotopic (exact) mass is 421 g/mol. The second-order valence-corrected chi connectivity index (χ2v) is 7.70. The molecular weight excluding hydrogens is 398 g/mol. The first-order valence-electron chi connectivity index (χ1n) is 10.5. The normalized spacial score (nSPS) is 18.1. The molecule has 0 N–H and O–H groups in total. The van der Waals surface area contributed by atoms with Gasteiger partial charge in [0.05, 0.1) is 19.3 Å². The van der Waals surface area contributed by atoms with Crippen molar-refractivity contribution in [1.29, 1.82) is 0 Å². The van der Waals surface area contributed by atoms with Crippen LogP contribution in [0.5, 0.6) is 11.5 Å². The molecule has 1 fully saturated rings. The number of aromatic nitrogens is 2. The fourth-order valence-electron chi connectivity index (χ4n) is 4.12. The van der Waals surface area contributed by atoms with E-state index in [0.717, 1.165) is 41.0 Å². The maximum absolute atomic E-state index is 13.1. The zero-order valence-electron chi connectivity index (χ0n) is 17.0. The van der Waals surface area contributed by atoms with Gasteiger partial charge in [0.1, 0.15) is 6.54 Å². The fraction of sp³-hybridized carbons (Fsp3) is 0.348. The van der Waals surface area contributed by atoms with Gasteiger partial charge in [-0.05, 0) is 42.7 Å². The summed E-state index contributed by atoms with van der Waals surface area (Å²) in [7, 11) is 0. The molecule has 160 valence electrons. The summed E-state index contributed by atoms with van der Waals surface area (Å²) in [5.41, 5.74) is 1.70. The second-order valence-electron chi connectivity index (χ2n) is 7.70. The SMILES string of the molecule is O=C(Cn1nc(-c2ccccc2)oc1=O)N1CCC[C@H]1c1ccc2c(c1)OCCCO2. The van der Waals surface area contributed by atoms with Gasteiger partial charge in [0.2, 0.25) is 11.8 Å². The minimum absolute atomic E-state index is 0.0687. The van der Waals surface area contributed by atoms with Gasteiger partial charge >= 0.3 is 5.76 Å². The standard InChI is InChI=1S/C23H23N3O5/c27-21(15-26-23(28)31-22(24-26)16-6-2-1-3-7-16)25-11-4-8-18(25)17-9-10-19-20(14-17)30-13-5-12-29-19/h1-3,6-7,9-10,14,18H,4-5,8,11-13,15H2/t18-/m0/s1. The summed E-state index contributed by atoms with van der Waals surface area (Å²) in [6.45, 7) is 1.73. The van der Waals surface area contributed by atoms with Crippen LogP contribution in [0.4, 0.5) is 0 Å². The van der Waals surface area contributed by atoms with E-state index in [1.807, 2.05) is 41.3 Å². The summed E-state index contributed by atoms with van der Waals surface area (Å²) < 4.78 is 17.8. The predicted molar refractivity (Wildman–Crippen MR) is 112 cm³/mol. The van der Waals surface area contributed by atoms with E-state index in [-0.39, 0.29) is 24.4 Å². The fourth-order valence-corrected chi connectivity index (χ4v) is 4.12. The van der Waals surface area contributed by atoms with E-state index in [1.54, 1.807) is 12.1 Å². The van der Waals surface area contributed by atoms with Crippen molar-refractivity contribution in [3.63, 3.8) is 0 Å². The van der Waals surface area contributed by atoms with Crippen molar-refractivity contribution in [3.05, 3.63) is 64.6 Å². The van der Waals surface area contributed by atoms with Crippen molar-refractivity contribution in [3.8, 4) is 23.0 Å². The van der Waals surface area contributed by atoms with Crippen molar-refractivity contribution < 1.29 is 18.7 Å². The number of nitrogens with zero attached hydrogens (tertiary/aromatic N) is 3. The third-order valence-electron chi connectivity index (χ3n) is 5.64. The lowest BCUT2D eigenvalue weighted by atomic mass is 10.0. The van der Waals surface area contributed by atoms with Crippen LogP contribution >= 0.6 is 0 Å². The molecule has 0 aliphatic carbocycles. The molecule has 1 aromatic heterocycles. The van der Waals surface area contributed by atoms with Gasteiger partial charge in [-0.15, -0.1) is 5.10 Å². The van der Waals surface area contributed by atoms with Crippen molar-refractivity contribution in [2.45, 2.75) is 31.8 Å². The van der Waals surface area contributed by atoms with Gasteiger partial charge in [-0.2, -0.15) is 4.68 Å². The first-order valence-corrected chi connectivity index (χ1v) is 10.5. The largest absolute Gasteiger partial charge is 0.490 e. The van der Waals surface area contributed by atoms with Crippen LogP contribution in [-0.2, 0) is 11.3 Å². The molecule has 2 aromatic carbocycles. The molecule has 31 heavy (non-hydrogen) atoms.